The molecule has 2 aromatic heterocycles. The molecule has 0 aliphatic heterocycles. The lowest BCUT2D eigenvalue weighted by Crippen LogP contribution is -2.03. The zero-order valence-corrected chi connectivity index (χ0v) is 16.1. The molecule has 0 aliphatic carbocycles. The average Bonchev–Trinajstić information content (AvgIpc) is 3.11. The lowest BCUT2D eigenvalue weighted by Gasteiger charge is -2.10. The summed E-state index contributed by atoms with van der Waals surface area (Å²) >= 11 is 4.88. The molecular weight excluding hydrogens is 416 g/mol. The Balaban J connectivity index is 1.77. The van der Waals surface area contributed by atoms with Crippen LogP contribution in [-0.2, 0) is 0 Å². The zero-order chi connectivity index (χ0) is 17.9. The van der Waals surface area contributed by atoms with Crippen molar-refractivity contribution >= 4 is 38.6 Å². The maximum atomic E-state index is 5.69. The van der Waals surface area contributed by atoms with Crippen molar-refractivity contribution in [2.45, 2.75) is 17.1 Å². The fraction of sp³-hybridized carbons (Fsp3) is 0.118. The summed E-state index contributed by atoms with van der Waals surface area (Å²) in [6.45, 7) is 2.50. The van der Waals surface area contributed by atoms with Crippen molar-refractivity contribution in [3.63, 3.8) is 0 Å². The highest BCUT2D eigenvalue weighted by atomic mass is 79.9. The Morgan fingerprint density at radius 1 is 1.15 bits per heavy atom. The van der Waals surface area contributed by atoms with Gasteiger partial charge in [-0.15, -0.1) is 5.10 Å². The van der Waals surface area contributed by atoms with Crippen molar-refractivity contribution < 1.29 is 4.74 Å². The molecular formula is C17H13BrN6OS. The topological polar surface area (TPSA) is 78.6 Å². The van der Waals surface area contributed by atoms with Crippen LogP contribution < -0.4 is 4.74 Å². The van der Waals surface area contributed by atoms with Crippen molar-refractivity contribution in [3.8, 4) is 11.4 Å². The standard InChI is InChI=1S/C17H13BrN6OS/c1-2-25-15-6-4-3-5-14(15)24-17(21-22-23-24)26-16-12-9-11(18)7-8-13(12)19-10-20-16/h3-10H,2H2,1H3. The van der Waals surface area contributed by atoms with Crippen molar-refractivity contribution in [3.05, 3.63) is 53.3 Å². The Morgan fingerprint density at radius 3 is 2.92 bits per heavy atom. The number of nitrogens with zero attached hydrogens (tertiary/aromatic N) is 6. The maximum absolute atomic E-state index is 5.69. The van der Waals surface area contributed by atoms with E-state index in [1.165, 1.54) is 11.8 Å². The number of halogens is 1. The molecule has 0 saturated heterocycles. The van der Waals surface area contributed by atoms with Crippen LogP contribution in [0.3, 0.4) is 0 Å². The smallest absolute Gasteiger partial charge is 0.220 e. The highest BCUT2D eigenvalue weighted by Crippen LogP contribution is 2.33. The van der Waals surface area contributed by atoms with Crippen molar-refractivity contribution in [1.29, 1.82) is 0 Å². The van der Waals surface area contributed by atoms with Gasteiger partial charge in [0.2, 0.25) is 5.16 Å². The van der Waals surface area contributed by atoms with Gasteiger partial charge in [-0.2, -0.15) is 4.68 Å². The summed E-state index contributed by atoms with van der Waals surface area (Å²) in [6, 6.07) is 13.5. The normalized spacial score (nSPS) is 11.0. The molecule has 0 unspecified atom stereocenters. The van der Waals surface area contributed by atoms with Crippen LogP contribution in [0.25, 0.3) is 16.6 Å². The summed E-state index contributed by atoms with van der Waals surface area (Å²) in [6.07, 6.45) is 1.54. The number of hydrogen-bond acceptors (Lipinski definition) is 7. The number of tetrazole rings is 1. The first-order chi connectivity index (χ1) is 12.8. The molecule has 2 heterocycles. The third kappa shape index (κ3) is 3.27. The van der Waals surface area contributed by atoms with E-state index in [2.05, 4.69) is 41.4 Å². The summed E-state index contributed by atoms with van der Waals surface area (Å²) in [5.74, 6) is 0.722. The number of rotatable bonds is 5. The van der Waals surface area contributed by atoms with E-state index in [4.69, 9.17) is 4.74 Å². The SMILES string of the molecule is CCOc1ccccc1-n1nnnc1Sc1ncnc2ccc(Br)cc12. The third-order valence-corrected chi connectivity index (χ3v) is 5.03. The maximum Gasteiger partial charge on any atom is 0.220 e. The van der Waals surface area contributed by atoms with Crippen LogP contribution in [-0.4, -0.2) is 36.8 Å². The second-order valence-corrected chi connectivity index (χ2v) is 7.09. The van der Waals surface area contributed by atoms with Crippen LogP contribution in [0.4, 0.5) is 0 Å². The molecule has 2 aromatic carbocycles. The van der Waals surface area contributed by atoms with Crippen molar-refractivity contribution in [2.24, 2.45) is 0 Å². The number of hydrogen-bond donors (Lipinski definition) is 0. The van der Waals surface area contributed by atoms with Crippen LogP contribution in [0.2, 0.25) is 0 Å². The summed E-state index contributed by atoms with van der Waals surface area (Å²) in [5, 5.41) is 14.4. The van der Waals surface area contributed by atoms with Gasteiger partial charge in [0.15, 0.2) is 0 Å². The number of benzene rings is 2. The first-order valence-corrected chi connectivity index (χ1v) is 9.46. The van der Waals surface area contributed by atoms with Crippen molar-refractivity contribution in [1.82, 2.24) is 30.2 Å². The van der Waals surface area contributed by atoms with E-state index in [9.17, 15) is 0 Å². The van der Waals surface area contributed by atoms with Crippen LogP contribution in [0.15, 0.2) is 63.4 Å². The van der Waals surface area contributed by atoms with Crippen LogP contribution in [0, 0.1) is 0 Å². The van der Waals surface area contributed by atoms with Gasteiger partial charge in [0.25, 0.3) is 0 Å². The Bertz CT molecular complexity index is 1070. The van der Waals surface area contributed by atoms with Gasteiger partial charge in [-0.25, -0.2) is 9.97 Å². The Labute approximate surface area is 161 Å². The predicted molar refractivity (Wildman–Crippen MR) is 102 cm³/mol. The molecule has 130 valence electrons. The summed E-state index contributed by atoms with van der Waals surface area (Å²) < 4.78 is 8.31. The summed E-state index contributed by atoms with van der Waals surface area (Å²) in [7, 11) is 0. The van der Waals surface area contributed by atoms with Gasteiger partial charge >= 0.3 is 0 Å². The van der Waals surface area contributed by atoms with Gasteiger partial charge in [0.1, 0.15) is 22.8 Å². The highest BCUT2D eigenvalue weighted by molar-refractivity contribution is 9.10. The number of fused-ring (bicyclic) bond motifs is 1. The van der Waals surface area contributed by atoms with E-state index in [0.717, 1.165) is 31.8 Å². The van der Waals surface area contributed by atoms with E-state index < -0.39 is 0 Å². The van der Waals surface area contributed by atoms with Crippen molar-refractivity contribution in [2.75, 3.05) is 6.61 Å². The number of ether oxygens (including phenoxy) is 1. The molecule has 0 aliphatic rings. The molecule has 0 radical (unpaired) electrons. The second-order valence-electron chi connectivity index (χ2n) is 5.22. The molecule has 7 nitrogen and oxygen atoms in total. The largest absolute Gasteiger partial charge is 0.492 e. The van der Waals surface area contributed by atoms with Gasteiger partial charge in [-0.1, -0.05) is 28.1 Å². The van der Waals surface area contributed by atoms with Crippen LogP contribution in [0.1, 0.15) is 6.92 Å². The van der Waals surface area contributed by atoms with E-state index in [1.807, 2.05) is 49.4 Å². The predicted octanol–water partition coefficient (Wildman–Crippen LogP) is 3.92. The minimum absolute atomic E-state index is 0.562. The monoisotopic (exact) mass is 428 g/mol. The molecule has 4 aromatic rings. The molecule has 0 amide bonds. The van der Waals surface area contributed by atoms with Gasteiger partial charge < -0.3 is 4.74 Å². The molecule has 0 bridgehead atoms. The second kappa shape index (κ2) is 7.38. The van der Waals surface area contributed by atoms with E-state index in [-0.39, 0.29) is 0 Å². The fourth-order valence-corrected chi connectivity index (χ4v) is 3.68. The molecule has 4 rings (SSSR count). The molecule has 0 atom stereocenters. The van der Waals surface area contributed by atoms with Crippen LogP contribution >= 0.6 is 27.7 Å². The molecule has 0 spiro atoms. The molecule has 0 saturated carbocycles. The molecule has 0 N–H and O–H groups in total. The molecule has 26 heavy (non-hydrogen) atoms. The molecule has 9 heteroatoms. The van der Waals surface area contributed by atoms with Gasteiger partial charge in [-0.3, -0.25) is 0 Å². The van der Waals surface area contributed by atoms with E-state index in [0.29, 0.717) is 11.8 Å². The minimum atomic E-state index is 0.562. The lowest BCUT2D eigenvalue weighted by atomic mass is 10.2. The zero-order valence-electron chi connectivity index (χ0n) is 13.7. The lowest BCUT2D eigenvalue weighted by molar-refractivity contribution is 0.337. The van der Waals surface area contributed by atoms with Gasteiger partial charge in [-0.05, 0) is 59.4 Å². The van der Waals surface area contributed by atoms with E-state index in [1.54, 1.807) is 11.0 Å². The number of para-hydroxylation sites is 2. The summed E-state index contributed by atoms with van der Waals surface area (Å²) in [4.78, 5) is 8.71. The minimum Gasteiger partial charge on any atom is -0.492 e. The highest BCUT2D eigenvalue weighted by Gasteiger charge is 2.16. The Morgan fingerprint density at radius 2 is 2.04 bits per heavy atom. The Kier molecular flexibility index (Phi) is 4.81. The number of aromatic nitrogens is 6. The quantitative estimate of drug-likeness (QED) is 0.445. The summed E-state index contributed by atoms with van der Waals surface area (Å²) in [5.41, 5.74) is 1.64. The Hall–Kier alpha value is -2.52. The first-order valence-electron chi connectivity index (χ1n) is 7.85. The third-order valence-electron chi connectivity index (χ3n) is 3.58. The van der Waals surface area contributed by atoms with Gasteiger partial charge in [0, 0.05) is 9.86 Å². The van der Waals surface area contributed by atoms with Gasteiger partial charge in [0.05, 0.1) is 12.1 Å². The van der Waals surface area contributed by atoms with E-state index >= 15 is 0 Å². The average molecular weight is 429 g/mol. The van der Waals surface area contributed by atoms with Crippen LogP contribution in [0.5, 0.6) is 5.75 Å². The molecule has 0 fully saturated rings. The first kappa shape index (κ1) is 16.9. The fourth-order valence-electron chi connectivity index (χ4n) is 2.48.